The van der Waals surface area contributed by atoms with Crippen LogP contribution in [0, 0.1) is 5.92 Å². The molecule has 2 atom stereocenters. The summed E-state index contributed by atoms with van der Waals surface area (Å²) in [4.78, 5) is 11.5. The summed E-state index contributed by atoms with van der Waals surface area (Å²) in [5, 5.41) is 2.90. The van der Waals surface area contributed by atoms with Gasteiger partial charge < -0.3 is 11.1 Å². The highest BCUT2D eigenvalue weighted by Gasteiger charge is 2.30. The maximum atomic E-state index is 11.5. The third-order valence-corrected chi connectivity index (χ3v) is 2.34. The molecule has 0 bridgehead atoms. The van der Waals surface area contributed by atoms with Gasteiger partial charge in [0.25, 0.3) is 0 Å². The Morgan fingerprint density at radius 2 is 2.17 bits per heavy atom. The molecule has 0 radical (unpaired) electrons. The molecule has 1 rings (SSSR count). The Morgan fingerprint density at radius 3 is 2.58 bits per heavy atom. The Morgan fingerprint density at radius 1 is 1.50 bits per heavy atom. The Hall–Kier alpha value is -0.570. The molecule has 3 heteroatoms. The maximum absolute atomic E-state index is 11.5. The van der Waals surface area contributed by atoms with Crippen LogP contribution in [0.4, 0.5) is 0 Å². The van der Waals surface area contributed by atoms with E-state index in [0.29, 0.717) is 0 Å². The third-order valence-electron chi connectivity index (χ3n) is 2.34. The average molecular weight is 170 g/mol. The van der Waals surface area contributed by atoms with Gasteiger partial charge in [0.15, 0.2) is 0 Å². The maximum Gasteiger partial charge on any atom is 0.224 e. The Balaban J connectivity index is 2.41. The van der Waals surface area contributed by atoms with Crippen molar-refractivity contribution in [1.29, 1.82) is 0 Å². The summed E-state index contributed by atoms with van der Waals surface area (Å²) in [6.07, 6.45) is 3.05. The topological polar surface area (TPSA) is 55.1 Å². The lowest BCUT2D eigenvalue weighted by Gasteiger charge is -2.16. The molecule has 0 aromatic heterocycles. The smallest absolute Gasteiger partial charge is 0.224 e. The number of hydrogen-bond acceptors (Lipinski definition) is 2. The van der Waals surface area contributed by atoms with Gasteiger partial charge in [-0.25, -0.2) is 0 Å². The number of hydrogen-bond donors (Lipinski definition) is 2. The Bertz CT molecular complexity index is 168. The van der Waals surface area contributed by atoms with Gasteiger partial charge in [0.1, 0.15) is 0 Å². The van der Waals surface area contributed by atoms with Crippen LogP contribution in [-0.2, 0) is 4.79 Å². The van der Waals surface area contributed by atoms with Gasteiger partial charge in [-0.1, -0.05) is 6.42 Å². The van der Waals surface area contributed by atoms with Gasteiger partial charge >= 0.3 is 0 Å². The fraction of sp³-hybridized carbons (Fsp3) is 0.889. The lowest BCUT2D eigenvalue weighted by atomic mass is 10.0. The first kappa shape index (κ1) is 9.52. The first-order valence-corrected chi connectivity index (χ1v) is 4.67. The van der Waals surface area contributed by atoms with Crippen LogP contribution in [0.5, 0.6) is 0 Å². The zero-order valence-electron chi connectivity index (χ0n) is 7.84. The number of nitrogens with one attached hydrogen (secondary N) is 1. The predicted molar refractivity (Wildman–Crippen MR) is 48.6 cm³/mol. The molecule has 0 aromatic rings. The molecule has 3 nitrogen and oxygen atoms in total. The molecule has 1 saturated carbocycles. The van der Waals surface area contributed by atoms with Crippen LogP contribution in [0.15, 0.2) is 0 Å². The van der Waals surface area contributed by atoms with Crippen LogP contribution in [0.25, 0.3) is 0 Å². The lowest BCUT2D eigenvalue weighted by Crippen LogP contribution is -2.41. The van der Waals surface area contributed by atoms with Gasteiger partial charge in [0.2, 0.25) is 5.91 Å². The number of amides is 1. The van der Waals surface area contributed by atoms with Gasteiger partial charge in [0, 0.05) is 12.1 Å². The zero-order valence-corrected chi connectivity index (χ0v) is 7.84. The number of rotatable bonds is 2. The predicted octanol–water partition coefficient (Wildman–Crippen LogP) is 0.638. The summed E-state index contributed by atoms with van der Waals surface area (Å²) in [6, 6.07) is 0.314. The average Bonchev–Trinajstić information content (AvgIpc) is 2.33. The van der Waals surface area contributed by atoms with Crippen LogP contribution in [0.1, 0.15) is 33.1 Å². The molecule has 12 heavy (non-hydrogen) atoms. The Kier molecular flexibility index (Phi) is 3.09. The molecular formula is C9H18N2O. The molecule has 1 aliphatic rings. The number of carbonyl (C=O) groups is 1. The van der Waals surface area contributed by atoms with E-state index < -0.39 is 0 Å². The van der Waals surface area contributed by atoms with Gasteiger partial charge in [-0.05, 0) is 26.7 Å². The molecule has 0 spiro atoms. The molecule has 1 amide bonds. The van der Waals surface area contributed by atoms with E-state index in [1.54, 1.807) is 0 Å². The van der Waals surface area contributed by atoms with Crippen molar-refractivity contribution in [3.63, 3.8) is 0 Å². The van der Waals surface area contributed by atoms with E-state index in [-0.39, 0.29) is 23.9 Å². The zero-order chi connectivity index (χ0) is 9.14. The van der Waals surface area contributed by atoms with E-state index >= 15 is 0 Å². The monoisotopic (exact) mass is 170 g/mol. The van der Waals surface area contributed by atoms with Crippen LogP contribution in [0.2, 0.25) is 0 Å². The van der Waals surface area contributed by atoms with Crippen molar-refractivity contribution >= 4 is 5.91 Å². The molecule has 70 valence electrons. The van der Waals surface area contributed by atoms with Crippen LogP contribution in [0.3, 0.4) is 0 Å². The molecule has 3 N–H and O–H groups in total. The summed E-state index contributed by atoms with van der Waals surface area (Å²) in [7, 11) is 0. The molecule has 0 aromatic carbocycles. The van der Waals surface area contributed by atoms with Gasteiger partial charge in [0.05, 0.1) is 5.92 Å². The van der Waals surface area contributed by atoms with E-state index in [0.717, 1.165) is 19.3 Å². The fourth-order valence-electron chi connectivity index (χ4n) is 1.71. The van der Waals surface area contributed by atoms with E-state index in [9.17, 15) is 4.79 Å². The van der Waals surface area contributed by atoms with E-state index in [4.69, 9.17) is 5.73 Å². The highest BCUT2D eigenvalue weighted by Crippen LogP contribution is 2.23. The third kappa shape index (κ3) is 2.21. The van der Waals surface area contributed by atoms with Crippen molar-refractivity contribution in [2.24, 2.45) is 11.7 Å². The number of carbonyl (C=O) groups excluding carboxylic acids is 1. The summed E-state index contributed by atoms with van der Waals surface area (Å²) in [6.45, 7) is 3.94. The highest BCUT2D eigenvalue weighted by atomic mass is 16.2. The minimum Gasteiger partial charge on any atom is -0.354 e. The minimum absolute atomic E-state index is 0.0624. The summed E-state index contributed by atoms with van der Waals surface area (Å²) in [5.74, 6) is 0.197. The van der Waals surface area contributed by atoms with E-state index in [1.165, 1.54) is 0 Å². The van der Waals surface area contributed by atoms with Crippen LogP contribution >= 0.6 is 0 Å². The molecule has 0 heterocycles. The van der Waals surface area contributed by atoms with Gasteiger partial charge in [-0.2, -0.15) is 0 Å². The first-order chi connectivity index (χ1) is 5.61. The summed E-state index contributed by atoms with van der Waals surface area (Å²) < 4.78 is 0. The largest absolute Gasteiger partial charge is 0.354 e. The van der Waals surface area contributed by atoms with Crippen LogP contribution in [-0.4, -0.2) is 18.0 Å². The van der Waals surface area contributed by atoms with Crippen molar-refractivity contribution < 1.29 is 4.79 Å². The normalized spacial score (nSPS) is 29.3. The standard InChI is InChI=1S/C9H18N2O/c1-6(2)11-9(12)7-4-3-5-8(7)10/h6-8H,3-5,10H2,1-2H3,(H,11,12). The second kappa shape index (κ2) is 3.90. The second-order valence-corrected chi connectivity index (χ2v) is 3.86. The molecule has 0 saturated heterocycles. The SMILES string of the molecule is CC(C)NC(=O)C1CCCC1N. The first-order valence-electron chi connectivity index (χ1n) is 4.67. The quantitative estimate of drug-likeness (QED) is 0.639. The molecule has 2 unspecified atom stereocenters. The highest BCUT2D eigenvalue weighted by molar-refractivity contribution is 5.79. The fourth-order valence-corrected chi connectivity index (χ4v) is 1.71. The van der Waals surface area contributed by atoms with Crippen molar-refractivity contribution in [3.8, 4) is 0 Å². The molecule has 1 aliphatic carbocycles. The van der Waals surface area contributed by atoms with Crippen molar-refractivity contribution in [2.45, 2.75) is 45.2 Å². The van der Waals surface area contributed by atoms with Crippen molar-refractivity contribution in [3.05, 3.63) is 0 Å². The van der Waals surface area contributed by atoms with E-state index in [2.05, 4.69) is 5.32 Å². The molecular weight excluding hydrogens is 152 g/mol. The second-order valence-electron chi connectivity index (χ2n) is 3.86. The minimum atomic E-state index is 0.0624. The molecule has 1 fully saturated rings. The van der Waals surface area contributed by atoms with Gasteiger partial charge in [-0.3, -0.25) is 4.79 Å². The number of nitrogens with two attached hydrogens (primary N) is 1. The van der Waals surface area contributed by atoms with Crippen molar-refractivity contribution in [2.75, 3.05) is 0 Å². The van der Waals surface area contributed by atoms with Gasteiger partial charge in [-0.15, -0.1) is 0 Å². The summed E-state index contributed by atoms with van der Waals surface area (Å²) >= 11 is 0. The van der Waals surface area contributed by atoms with Crippen molar-refractivity contribution in [1.82, 2.24) is 5.32 Å². The summed E-state index contributed by atoms with van der Waals surface area (Å²) in [5.41, 5.74) is 5.79. The molecule has 0 aliphatic heterocycles. The lowest BCUT2D eigenvalue weighted by molar-refractivity contribution is -0.125. The van der Waals surface area contributed by atoms with Crippen LogP contribution < -0.4 is 11.1 Å². The van der Waals surface area contributed by atoms with E-state index in [1.807, 2.05) is 13.8 Å². The Labute approximate surface area is 73.7 Å².